The molecule has 1 amide bonds. The average Bonchev–Trinajstić information content (AvgIpc) is 3.19. The molecule has 0 heterocycles. The van der Waals surface area contributed by atoms with Crippen LogP contribution in [0, 0.1) is 73.4 Å². The summed E-state index contributed by atoms with van der Waals surface area (Å²) in [6, 6.07) is 2.73. The molecule has 2 N–H and O–H groups in total. The molecule has 5 fully saturated rings. The van der Waals surface area contributed by atoms with Crippen LogP contribution >= 0.6 is 0 Å². The van der Waals surface area contributed by atoms with E-state index in [9.17, 15) is 19.6 Å². The molecule has 0 spiro atoms. The summed E-state index contributed by atoms with van der Waals surface area (Å²) in [7, 11) is 0. The van der Waals surface area contributed by atoms with E-state index < -0.39 is 5.41 Å². The molecule has 0 aromatic carbocycles. The lowest BCUT2D eigenvalue weighted by molar-refractivity contribution is -0.237. The molecule has 5 saturated carbocycles. The number of nitrogens with zero attached hydrogens (tertiary/aromatic N) is 1. The molecule has 5 aliphatic rings. The normalized spacial score (nSPS) is 36.5. The van der Waals surface area contributed by atoms with Gasteiger partial charge in [-0.25, -0.2) is 0 Å². The van der Waals surface area contributed by atoms with Crippen LogP contribution in [0.2, 0.25) is 0 Å². The molecule has 5 aliphatic carbocycles. The number of hydrogen-bond donors (Lipinski definition) is 2. The number of Topliss-reactive ketones (excluding diaryl/α,β-unsaturated/α-hetero) is 2. The van der Waals surface area contributed by atoms with Crippen LogP contribution in [0.4, 0.5) is 0 Å². The monoisotopic (exact) mass is 808 g/mol. The molecule has 59 heavy (non-hydrogen) atoms. The van der Waals surface area contributed by atoms with E-state index in [4.69, 9.17) is 0 Å². The number of fused-ring (bicyclic) bond motifs is 7. The molecule has 0 saturated heterocycles. The second kappa shape index (κ2) is 19.8. The molecule has 6 nitrogen and oxygen atoms in total. The zero-order valence-corrected chi connectivity index (χ0v) is 38.5. The fourth-order valence-electron chi connectivity index (χ4n) is 13.6. The third kappa shape index (κ3) is 9.41. The maximum absolute atomic E-state index is 15.0. The van der Waals surface area contributed by atoms with Crippen LogP contribution in [0.15, 0.2) is 60.8 Å². The Morgan fingerprint density at radius 3 is 1.95 bits per heavy atom. The van der Waals surface area contributed by atoms with Crippen LogP contribution in [0.1, 0.15) is 165 Å². The number of nitrogens with one attached hydrogen (secondary N) is 2. The molecule has 0 aliphatic heterocycles. The van der Waals surface area contributed by atoms with E-state index in [0.29, 0.717) is 31.7 Å². The summed E-state index contributed by atoms with van der Waals surface area (Å²) in [5.41, 5.74) is -1.85. The SMILES string of the molecule is CC/C=C\CC=CCC=CC/C=C\C/C=C\CCCCNCCNC(=O)C12CCC(C)(C)C(C#N)C1C1C(=O)CC3C4(C)CCC(=O)C(C)(C)C4CCC3(C)C1(C)CC2. The van der Waals surface area contributed by atoms with Crippen molar-refractivity contribution in [2.45, 2.75) is 165 Å². The Labute approximate surface area is 359 Å². The Morgan fingerprint density at radius 2 is 1.32 bits per heavy atom. The third-order valence-corrected chi connectivity index (χ3v) is 17.4. The summed E-state index contributed by atoms with van der Waals surface area (Å²) in [5, 5.41) is 17.8. The quantitative estimate of drug-likeness (QED) is 0.106. The van der Waals surface area contributed by atoms with E-state index >= 15 is 0 Å². The van der Waals surface area contributed by atoms with Crippen LogP contribution in [0.5, 0.6) is 0 Å². The molecule has 0 aromatic rings. The van der Waals surface area contributed by atoms with Gasteiger partial charge in [0.15, 0.2) is 0 Å². The van der Waals surface area contributed by atoms with Crippen molar-refractivity contribution >= 4 is 17.5 Å². The van der Waals surface area contributed by atoms with Crippen LogP contribution in [0.25, 0.3) is 0 Å². The molecule has 9 unspecified atom stereocenters. The number of unbranched alkanes of at least 4 members (excludes halogenated alkanes) is 2. The lowest BCUT2D eigenvalue weighted by Crippen LogP contribution is -2.71. The summed E-state index contributed by atoms with van der Waals surface area (Å²) in [6.45, 7) is 20.2. The minimum absolute atomic E-state index is 0.0591. The minimum atomic E-state index is -0.708. The Balaban J connectivity index is 1.11. The zero-order valence-electron chi connectivity index (χ0n) is 38.5. The number of allylic oxidation sites excluding steroid dienone is 10. The largest absolute Gasteiger partial charge is 0.354 e. The Hall–Kier alpha value is -3.04. The van der Waals surface area contributed by atoms with E-state index in [1.807, 2.05) is 0 Å². The van der Waals surface area contributed by atoms with Gasteiger partial charge in [-0.2, -0.15) is 5.26 Å². The first-order valence-corrected chi connectivity index (χ1v) is 23.8. The summed E-state index contributed by atoms with van der Waals surface area (Å²) in [4.78, 5) is 42.8. The fourth-order valence-corrected chi connectivity index (χ4v) is 13.6. The van der Waals surface area contributed by atoms with Crippen LogP contribution < -0.4 is 10.6 Å². The highest BCUT2D eigenvalue weighted by atomic mass is 16.2. The van der Waals surface area contributed by atoms with Crippen molar-refractivity contribution in [2.75, 3.05) is 19.6 Å². The van der Waals surface area contributed by atoms with Gasteiger partial charge in [0.1, 0.15) is 11.6 Å². The van der Waals surface area contributed by atoms with E-state index in [2.05, 4.69) is 133 Å². The third-order valence-electron chi connectivity index (χ3n) is 17.4. The predicted molar refractivity (Wildman–Crippen MR) is 243 cm³/mol. The van der Waals surface area contributed by atoms with Gasteiger partial charge in [0.25, 0.3) is 0 Å². The van der Waals surface area contributed by atoms with Crippen molar-refractivity contribution in [3.63, 3.8) is 0 Å². The molecule has 326 valence electrons. The molecule has 5 rings (SSSR count). The van der Waals surface area contributed by atoms with Crippen LogP contribution in [0.3, 0.4) is 0 Å². The summed E-state index contributed by atoms with van der Waals surface area (Å²) in [5.74, 6) is 0.208. The van der Waals surface area contributed by atoms with Gasteiger partial charge >= 0.3 is 0 Å². The van der Waals surface area contributed by atoms with Gasteiger partial charge in [0, 0.05) is 37.3 Å². The predicted octanol–water partition coefficient (Wildman–Crippen LogP) is 12.0. The summed E-state index contributed by atoms with van der Waals surface area (Å²) in [6.07, 6.45) is 37.7. The molecule has 0 aromatic heterocycles. The highest BCUT2D eigenvalue weighted by Crippen LogP contribution is 2.76. The van der Waals surface area contributed by atoms with Crippen LogP contribution in [-0.4, -0.2) is 37.1 Å². The second-order valence-corrected chi connectivity index (χ2v) is 21.3. The Kier molecular flexibility index (Phi) is 15.8. The smallest absolute Gasteiger partial charge is 0.226 e. The van der Waals surface area contributed by atoms with Gasteiger partial charge in [-0.1, -0.05) is 116 Å². The van der Waals surface area contributed by atoms with Gasteiger partial charge in [0.2, 0.25) is 5.91 Å². The maximum atomic E-state index is 15.0. The molecular formula is C53H81N3O3. The van der Waals surface area contributed by atoms with Gasteiger partial charge in [-0.3, -0.25) is 14.4 Å². The Bertz CT molecular complexity index is 1680. The first-order valence-electron chi connectivity index (χ1n) is 23.8. The van der Waals surface area contributed by atoms with Gasteiger partial charge in [-0.15, -0.1) is 0 Å². The van der Waals surface area contributed by atoms with Crippen molar-refractivity contribution in [3.05, 3.63) is 60.8 Å². The number of nitriles is 1. The van der Waals surface area contributed by atoms with E-state index in [1.54, 1.807) is 0 Å². The van der Waals surface area contributed by atoms with Gasteiger partial charge in [-0.05, 0) is 142 Å². The van der Waals surface area contributed by atoms with Gasteiger partial charge in [0.05, 0.1) is 17.4 Å². The van der Waals surface area contributed by atoms with Crippen molar-refractivity contribution in [1.82, 2.24) is 10.6 Å². The average molecular weight is 808 g/mol. The summed E-state index contributed by atoms with van der Waals surface area (Å²) < 4.78 is 0. The molecule has 6 heteroatoms. The van der Waals surface area contributed by atoms with Crippen molar-refractivity contribution in [1.29, 1.82) is 5.26 Å². The summed E-state index contributed by atoms with van der Waals surface area (Å²) >= 11 is 0. The molecule has 9 atom stereocenters. The number of amides is 1. The van der Waals surface area contributed by atoms with E-state index in [1.165, 1.54) is 0 Å². The number of rotatable bonds is 18. The second-order valence-electron chi connectivity index (χ2n) is 21.3. The van der Waals surface area contributed by atoms with Crippen LogP contribution in [-0.2, 0) is 14.4 Å². The van der Waals surface area contributed by atoms with Gasteiger partial charge < -0.3 is 10.6 Å². The number of ketones is 2. The molecule has 0 bridgehead atoms. The van der Waals surface area contributed by atoms with E-state index in [0.717, 1.165) is 103 Å². The van der Waals surface area contributed by atoms with E-state index in [-0.39, 0.29) is 68.4 Å². The lowest BCUT2D eigenvalue weighted by atomic mass is 9.30. The number of hydrogen-bond acceptors (Lipinski definition) is 5. The number of carbonyl (C=O) groups excluding carboxylic acids is 3. The Morgan fingerprint density at radius 1 is 0.712 bits per heavy atom. The first kappa shape index (κ1) is 47.0. The number of carbonyl (C=O) groups is 3. The first-order chi connectivity index (χ1) is 28.1. The maximum Gasteiger partial charge on any atom is 0.226 e. The molecule has 0 radical (unpaired) electrons. The highest BCUT2D eigenvalue weighted by Gasteiger charge is 2.74. The minimum Gasteiger partial charge on any atom is -0.354 e. The molecular weight excluding hydrogens is 727 g/mol. The lowest BCUT2D eigenvalue weighted by Gasteiger charge is -2.72. The zero-order chi connectivity index (χ0) is 43.0. The highest BCUT2D eigenvalue weighted by molar-refractivity contribution is 5.89. The topological polar surface area (TPSA) is 99.1 Å². The van der Waals surface area contributed by atoms with Crippen molar-refractivity contribution < 1.29 is 14.4 Å². The van der Waals surface area contributed by atoms with Crippen molar-refractivity contribution in [3.8, 4) is 6.07 Å². The standard InChI is InChI=1S/C53H81N3O3/c1-9-10-11-12-13-14-15-16-17-18-19-20-21-22-23-24-25-26-35-55-36-37-56-47(59)53-33-31-48(2,3)40(39-54)45(53)46-41(57)38-43-50(6)29-28-44(58)49(4,5)42(50)27-30-51(43,7)52(46,8)32-34-53/h10-11,13-14,16-17,19-20,22-23,40,42-43,45-46,55H,9,12,15,18,21,24-38H2,1-8H3,(H,56,59)/b11-10-,14-13?,17-16?,20-19-,23-22-. The fraction of sp³-hybridized carbons (Fsp3) is 0.736. The van der Waals surface area contributed by atoms with Crippen molar-refractivity contribution in [2.24, 2.45) is 62.1 Å².